The molecule has 7 nitrogen and oxygen atoms in total. The zero-order valence-electron chi connectivity index (χ0n) is 18.9. The molecule has 1 aromatic carbocycles. The molecule has 2 N–H and O–H groups in total. The highest BCUT2D eigenvalue weighted by atomic mass is 35.5. The van der Waals surface area contributed by atoms with Gasteiger partial charge in [0, 0.05) is 35.0 Å². The third-order valence-electron chi connectivity index (χ3n) is 7.32. The molecule has 2 saturated heterocycles. The molecule has 0 radical (unpaired) electrons. The van der Waals surface area contributed by atoms with Crippen molar-refractivity contribution in [1.82, 2.24) is 15.3 Å². The molecule has 0 spiro atoms. The molecule has 3 aliphatic heterocycles. The van der Waals surface area contributed by atoms with E-state index in [-0.39, 0.29) is 29.2 Å². The Morgan fingerprint density at radius 3 is 2.85 bits per heavy atom. The lowest BCUT2D eigenvalue weighted by Crippen LogP contribution is -2.53. The number of nitrogens with one attached hydrogen (secondary N) is 1. The summed E-state index contributed by atoms with van der Waals surface area (Å²) in [6, 6.07) is 8.16. The van der Waals surface area contributed by atoms with Crippen molar-refractivity contribution < 1.29 is 9.84 Å². The van der Waals surface area contributed by atoms with Crippen LogP contribution in [0.4, 0.5) is 10.7 Å². The molecular formula is C24H31ClN5O2S+. The summed E-state index contributed by atoms with van der Waals surface area (Å²) < 4.78 is 5.56. The molecule has 176 valence electrons. The van der Waals surface area contributed by atoms with Crippen LogP contribution in [0.5, 0.6) is 0 Å². The second-order valence-electron chi connectivity index (χ2n) is 9.16. The molecule has 2 aromatic rings. The van der Waals surface area contributed by atoms with Crippen molar-refractivity contribution in [3.05, 3.63) is 51.4 Å². The van der Waals surface area contributed by atoms with Crippen LogP contribution in [0.25, 0.3) is 6.08 Å². The van der Waals surface area contributed by atoms with E-state index in [1.165, 1.54) is 21.0 Å². The van der Waals surface area contributed by atoms with E-state index in [0.29, 0.717) is 0 Å². The topological polar surface area (TPSA) is 54.5 Å². The number of rotatable bonds is 4. The number of benzene rings is 1. The SMILES string of the molecule is C[s+]1c2c(c3c1N1CNN(CN4CCOCC4)C1CN(c1ccccc1Cl)C3)C(CO)C=C2. The molecule has 1 aliphatic carbocycles. The summed E-state index contributed by atoms with van der Waals surface area (Å²) >= 11 is 6.70. The molecule has 0 bridgehead atoms. The first-order chi connectivity index (χ1) is 16.2. The van der Waals surface area contributed by atoms with Gasteiger partial charge in [-0.15, -0.1) is 0 Å². The highest BCUT2D eigenvalue weighted by Crippen LogP contribution is 2.53. The van der Waals surface area contributed by atoms with Crippen molar-refractivity contribution >= 4 is 38.8 Å². The highest BCUT2D eigenvalue weighted by molar-refractivity contribution is 7.34. The predicted molar refractivity (Wildman–Crippen MR) is 135 cm³/mol. The Kier molecular flexibility index (Phi) is 5.86. The van der Waals surface area contributed by atoms with Crippen molar-refractivity contribution in [3.63, 3.8) is 0 Å². The largest absolute Gasteiger partial charge is 0.395 e. The lowest BCUT2D eigenvalue weighted by Gasteiger charge is -2.36. The van der Waals surface area contributed by atoms with Crippen molar-refractivity contribution in [3.8, 4) is 0 Å². The standard InChI is InChI=1S/C24H31ClN5O2S/c1-33-21-7-6-17(14-31)23(21)18-12-28(20-5-3-2-4-19(20)25)13-22-29(24(18)33)15-26-30(22)16-27-8-10-32-11-9-27/h2-7,17,22,26,31H,8-16H2,1H3/q+1. The molecule has 4 aliphatic rings. The third kappa shape index (κ3) is 3.69. The normalized spacial score (nSPS) is 25.8. The number of ether oxygens (including phenoxy) is 1. The zero-order valence-corrected chi connectivity index (χ0v) is 20.5. The van der Waals surface area contributed by atoms with Crippen LogP contribution in [-0.4, -0.2) is 74.0 Å². The van der Waals surface area contributed by atoms with Gasteiger partial charge in [0.05, 0.1) is 62.5 Å². The Labute approximate surface area is 202 Å². The number of aliphatic hydroxyl groups excluding tert-OH is 1. The van der Waals surface area contributed by atoms with E-state index >= 15 is 0 Å². The monoisotopic (exact) mass is 488 g/mol. The van der Waals surface area contributed by atoms with Gasteiger partial charge in [0.1, 0.15) is 12.4 Å². The number of hydrazine groups is 1. The van der Waals surface area contributed by atoms with E-state index in [1.807, 2.05) is 12.1 Å². The number of anilines is 2. The number of aliphatic hydroxyl groups is 1. The smallest absolute Gasteiger partial charge is 0.251 e. The van der Waals surface area contributed by atoms with Gasteiger partial charge < -0.3 is 14.7 Å². The van der Waals surface area contributed by atoms with Crippen LogP contribution in [0.2, 0.25) is 5.02 Å². The lowest BCUT2D eigenvalue weighted by molar-refractivity contribution is -0.00331. The number of hydrogen-bond donors (Lipinski definition) is 2. The fourth-order valence-electron chi connectivity index (χ4n) is 5.67. The molecule has 3 unspecified atom stereocenters. The van der Waals surface area contributed by atoms with Gasteiger partial charge >= 0.3 is 0 Å². The van der Waals surface area contributed by atoms with Crippen LogP contribution >= 0.6 is 22.1 Å². The Balaban J connectivity index is 1.42. The second-order valence-corrected chi connectivity index (χ2v) is 11.4. The van der Waals surface area contributed by atoms with Gasteiger partial charge in [0.25, 0.3) is 5.00 Å². The van der Waals surface area contributed by atoms with Gasteiger partial charge in [-0.2, -0.15) is 0 Å². The number of morpholine rings is 1. The molecule has 0 saturated carbocycles. The van der Waals surface area contributed by atoms with Crippen LogP contribution in [0.3, 0.4) is 0 Å². The average molecular weight is 489 g/mol. The summed E-state index contributed by atoms with van der Waals surface area (Å²) in [7, 11) is -0.00978. The van der Waals surface area contributed by atoms with Gasteiger partial charge in [0.15, 0.2) is 4.88 Å². The fourth-order valence-corrected chi connectivity index (χ4v) is 8.10. The quantitative estimate of drug-likeness (QED) is 0.642. The van der Waals surface area contributed by atoms with Crippen molar-refractivity contribution in [2.45, 2.75) is 18.6 Å². The van der Waals surface area contributed by atoms with Crippen molar-refractivity contribution in [2.75, 3.05) is 62.6 Å². The summed E-state index contributed by atoms with van der Waals surface area (Å²) in [4.78, 5) is 8.85. The van der Waals surface area contributed by atoms with E-state index in [1.54, 1.807) is 0 Å². The lowest BCUT2D eigenvalue weighted by atomic mass is 10.00. The van der Waals surface area contributed by atoms with Gasteiger partial charge in [-0.05, 0) is 18.2 Å². The Morgan fingerprint density at radius 1 is 1.24 bits per heavy atom. The molecule has 3 atom stereocenters. The summed E-state index contributed by atoms with van der Waals surface area (Å²) in [6.07, 6.45) is 6.96. The summed E-state index contributed by atoms with van der Waals surface area (Å²) in [5.74, 6) is 0.0899. The highest BCUT2D eigenvalue weighted by Gasteiger charge is 2.46. The predicted octanol–water partition coefficient (Wildman–Crippen LogP) is 2.95. The molecule has 33 heavy (non-hydrogen) atoms. The first kappa shape index (κ1) is 21.9. The Bertz CT molecular complexity index is 1070. The van der Waals surface area contributed by atoms with E-state index in [4.69, 9.17) is 16.3 Å². The number of hydrogen-bond acceptors (Lipinski definition) is 7. The number of para-hydroxylation sites is 1. The molecular weight excluding hydrogens is 458 g/mol. The molecule has 0 amide bonds. The maximum Gasteiger partial charge on any atom is 0.251 e. The molecule has 1 aromatic heterocycles. The van der Waals surface area contributed by atoms with Gasteiger partial charge in [-0.25, -0.2) is 10.4 Å². The Morgan fingerprint density at radius 2 is 2.06 bits per heavy atom. The zero-order chi connectivity index (χ0) is 22.5. The maximum atomic E-state index is 10.1. The molecule has 6 rings (SSSR count). The minimum Gasteiger partial charge on any atom is -0.395 e. The van der Waals surface area contributed by atoms with E-state index in [9.17, 15) is 5.11 Å². The molecule has 4 heterocycles. The van der Waals surface area contributed by atoms with Crippen molar-refractivity contribution in [2.24, 2.45) is 6.26 Å². The van der Waals surface area contributed by atoms with Crippen LogP contribution in [0.1, 0.15) is 21.9 Å². The van der Waals surface area contributed by atoms with Crippen molar-refractivity contribution in [1.29, 1.82) is 0 Å². The minimum absolute atomic E-state index is 0.00978. The number of fused-ring (bicyclic) bond motifs is 5. The number of thiophene rings is 1. The number of nitrogens with zero attached hydrogens (tertiary/aromatic N) is 4. The average Bonchev–Trinajstić information content (AvgIpc) is 3.46. The van der Waals surface area contributed by atoms with E-state index in [0.717, 1.165) is 63.4 Å². The van der Waals surface area contributed by atoms with E-state index in [2.05, 4.69) is 55.7 Å². The van der Waals surface area contributed by atoms with Crippen LogP contribution < -0.4 is 15.2 Å². The maximum absolute atomic E-state index is 10.1. The van der Waals surface area contributed by atoms with Gasteiger partial charge in [-0.3, -0.25) is 9.80 Å². The third-order valence-corrected chi connectivity index (χ3v) is 9.72. The van der Waals surface area contributed by atoms with E-state index < -0.39 is 0 Å². The van der Waals surface area contributed by atoms with Crippen LogP contribution in [0, 0.1) is 0 Å². The Hall–Kier alpha value is -1.65. The first-order valence-corrected chi connectivity index (χ1v) is 13.7. The second kappa shape index (κ2) is 8.85. The molecule has 2 fully saturated rings. The summed E-state index contributed by atoms with van der Waals surface area (Å²) in [6.45, 7) is 7.01. The van der Waals surface area contributed by atoms with Gasteiger partial charge in [0.2, 0.25) is 0 Å². The molecule has 9 heteroatoms. The number of halogens is 1. The fraction of sp³-hybridized carbons (Fsp3) is 0.500. The first-order valence-electron chi connectivity index (χ1n) is 11.6. The minimum atomic E-state index is -0.00978. The van der Waals surface area contributed by atoms with Crippen LogP contribution in [0.15, 0.2) is 30.3 Å². The summed E-state index contributed by atoms with van der Waals surface area (Å²) in [5, 5.41) is 14.7. The summed E-state index contributed by atoms with van der Waals surface area (Å²) in [5.41, 5.74) is 7.47. The van der Waals surface area contributed by atoms with Crippen LogP contribution in [-0.2, 0) is 17.5 Å². The van der Waals surface area contributed by atoms with Gasteiger partial charge in [-0.1, -0.05) is 29.8 Å².